The van der Waals surface area contributed by atoms with Crippen molar-refractivity contribution >= 4 is 24.8 Å². The first kappa shape index (κ1) is 22.0. The Morgan fingerprint density at radius 2 is 1.78 bits per heavy atom. The SMILES string of the molecule is Cl.Cl.N#Cc1ccccc1[C@@H](CCC(F)(F)F)N1CCNCC1. The Bertz CT molecular complexity index is 511. The van der Waals surface area contributed by atoms with Crippen LogP contribution in [0.2, 0.25) is 0 Å². The summed E-state index contributed by atoms with van der Waals surface area (Å²) in [6.45, 7) is 2.92. The summed E-state index contributed by atoms with van der Waals surface area (Å²) >= 11 is 0. The van der Waals surface area contributed by atoms with Crippen LogP contribution in [-0.4, -0.2) is 37.3 Å². The van der Waals surface area contributed by atoms with E-state index in [2.05, 4.69) is 11.4 Å². The summed E-state index contributed by atoms with van der Waals surface area (Å²) < 4.78 is 37.8. The number of alkyl halides is 3. The molecule has 23 heavy (non-hydrogen) atoms. The lowest BCUT2D eigenvalue weighted by Crippen LogP contribution is -2.45. The topological polar surface area (TPSA) is 39.1 Å². The van der Waals surface area contributed by atoms with Crippen LogP contribution < -0.4 is 5.32 Å². The summed E-state index contributed by atoms with van der Waals surface area (Å²) in [6.07, 6.45) is -5.02. The first-order valence-corrected chi connectivity index (χ1v) is 7.02. The monoisotopic (exact) mass is 369 g/mol. The van der Waals surface area contributed by atoms with Crippen LogP contribution >= 0.6 is 24.8 Å². The number of rotatable bonds is 4. The molecule has 1 aromatic carbocycles. The predicted octanol–water partition coefficient (Wildman–Crippen LogP) is 3.69. The lowest BCUT2D eigenvalue weighted by atomic mass is 9.95. The second-order valence-electron chi connectivity index (χ2n) is 5.15. The fraction of sp³-hybridized carbons (Fsp3) is 0.533. The number of benzene rings is 1. The molecule has 130 valence electrons. The van der Waals surface area contributed by atoms with Crippen LogP contribution in [-0.2, 0) is 0 Å². The Balaban J connectivity index is 0.00000242. The van der Waals surface area contributed by atoms with E-state index in [1.165, 1.54) is 0 Å². The van der Waals surface area contributed by atoms with Crippen LogP contribution in [0.3, 0.4) is 0 Å². The van der Waals surface area contributed by atoms with Crippen molar-refractivity contribution in [3.8, 4) is 6.07 Å². The zero-order valence-corrected chi connectivity index (χ0v) is 14.1. The van der Waals surface area contributed by atoms with Crippen molar-refractivity contribution in [1.82, 2.24) is 10.2 Å². The fourth-order valence-corrected chi connectivity index (χ4v) is 2.72. The van der Waals surface area contributed by atoms with Gasteiger partial charge in [-0.3, -0.25) is 4.90 Å². The molecule has 1 aliphatic rings. The Morgan fingerprint density at radius 3 is 2.35 bits per heavy atom. The molecule has 1 heterocycles. The summed E-state index contributed by atoms with van der Waals surface area (Å²) in [5.74, 6) is 0. The van der Waals surface area contributed by atoms with E-state index in [4.69, 9.17) is 0 Å². The highest BCUT2D eigenvalue weighted by atomic mass is 35.5. The van der Waals surface area contributed by atoms with Crippen LogP contribution in [0, 0.1) is 11.3 Å². The molecule has 0 saturated carbocycles. The van der Waals surface area contributed by atoms with Gasteiger partial charge in [-0.25, -0.2) is 0 Å². The largest absolute Gasteiger partial charge is 0.389 e. The molecule has 0 spiro atoms. The Hall–Kier alpha value is -1.00. The Labute approximate surface area is 146 Å². The van der Waals surface area contributed by atoms with Crippen molar-refractivity contribution in [1.29, 1.82) is 5.26 Å². The third kappa shape index (κ3) is 6.56. The highest BCUT2D eigenvalue weighted by molar-refractivity contribution is 5.85. The van der Waals surface area contributed by atoms with Gasteiger partial charge in [-0.15, -0.1) is 24.8 Å². The molecule has 0 bridgehead atoms. The van der Waals surface area contributed by atoms with E-state index < -0.39 is 12.6 Å². The summed E-state index contributed by atoms with van der Waals surface area (Å²) in [6, 6.07) is 8.68. The third-order valence-corrected chi connectivity index (χ3v) is 3.73. The average molecular weight is 370 g/mol. The van der Waals surface area contributed by atoms with Gasteiger partial charge < -0.3 is 5.32 Å². The van der Waals surface area contributed by atoms with Gasteiger partial charge in [0.15, 0.2) is 0 Å². The van der Waals surface area contributed by atoms with Crippen molar-refractivity contribution in [2.75, 3.05) is 26.2 Å². The van der Waals surface area contributed by atoms with E-state index in [-0.39, 0.29) is 37.3 Å². The van der Waals surface area contributed by atoms with Crippen LogP contribution in [0.15, 0.2) is 24.3 Å². The summed E-state index contributed by atoms with van der Waals surface area (Å²) in [5, 5.41) is 12.4. The number of nitriles is 1. The normalized spacial score (nSPS) is 16.6. The highest BCUT2D eigenvalue weighted by Gasteiger charge is 2.32. The minimum Gasteiger partial charge on any atom is -0.314 e. The molecular weight excluding hydrogens is 350 g/mol. The van der Waals surface area contributed by atoms with Gasteiger partial charge in [0.05, 0.1) is 11.6 Å². The van der Waals surface area contributed by atoms with Gasteiger partial charge in [-0.2, -0.15) is 18.4 Å². The first-order valence-electron chi connectivity index (χ1n) is 7.02. The first-order chi connectivity index (χ1) is 10.0. The van der Waals surface area contributed by atoms with Crippen LogP contribution in [0.1, 0.15) is 30.0 Å². The average Bonchev–Trinajstić information content (AvgIpc) is 2.48. The molecule has 0 aliphatic carbocycles. The lowest BCUT2D eigenvalue weighted by Gasteiger charge is -2.35. The molecule has 8 heteroatoms. The quantitative estimate of drug-likeness (QED) is 0.879. The molecule has 1 aliphatic heterocycles. The van der Waals surface area contributed by atoms with Gasteiger partial charge in [0.1, 0.15) is 0 Å². The molecular formula is C15H20Cl2F3N3. The number of piperazine rings is 1. The molecule has 1 N–H and O–H groups in total. The molecule has 1 saturated heterocycles. The zero-order chi connectivity index (χ0) is 15.3. The maximum absolute atomic E-state index is 12.6. The van der Waals surface area contributed by atoms with Crippen molar-refractivity contribution in [3.05, 3.63) is 35.4 Å². The van der Waals surface area contributed by atoms with Gasteiger partial charge in [0, 0.05) is 38.6 Å². The summed E-state index contributed by atoms with van der Waals surface area (Å²) in [4.78, 5) is 2.04. The molecule has 0 unspecified atom stereocenters. The third-order valence-electron chi connectivity index (χ3n) is 3.73. The number of hydrogen-bond donors (Lipinski definition) is 1. The molecule has 1 aromatic rings. The van der Waals surface area contributed by atoms with Crippen LogP contribution in [0.4, 0.5) is 13.2 Å². The van der Waals surface area contributed by atoms with Crippen molar-refractivity contribution < 1.29 is 13.2 Å². The minimum atomic E-state index is -4.17. The van der Waals surface area contributed by atoms with Gasteiger partial charge in [0.2, 0.25) is 0 Å². The van der Waals surface area contributed by atoms with Crippen LogP contribution in [0.5, 0.6) is 0 Å². The smallest absolute Gasteiger partial charge is 0.314 e. The molecule has 2 rings (SSSR count). The highest BCUT2D eigenvalue weighted by Crippen LogP contribution is 2.33. The minimum absolute atomic E-state index is 0. The second-order valence-corrected chi connectivity index (χ2v) is 5.15. The summed E-state index contributed by atoms with van der Waals surface area (Å²) in [7, 11) is 0. The Morgan fingerprint density at radius 1 is 1.17 bits per heavy atom. The van der Waals surface area contributed by atoms with Crippen molar-refractivity contribution in [2.45, 2.75) is 25.1 Å². The van der Waals surface area contributed by atoms with E-state index in [1.807, 2.05) is 4.90 Å². The van der Waals surface area contributed by atoms with E-state index in [0.717, 1.165) is 13.1 Å². The number of hydrogen-bond acceptors (Lipinski definition) is 3. The van der Waals surface area contributed by atoms with E-state index in [0.29, 0.717) is 24.2 Å². The molecule has 3 nitrogen and oxygen atoms in total. The summed E-state index contributed by atoms with van der Waals surface area (Å²) in [5.41, 5.74) is 1.16. The zero-order valence-electron chi connectivity index (χ0n) is 12.5. The fourth-order valence-electron chi connectivity index (χ4n) is 2.72. The van der Waals surface area contributed by atoms with Gasteiger partial charge in [-0.1, -0.05) is 18.2 Å². The van der Waals surface area contributed by atoms with Crippen LogP contribution in [0.25, 0.3) is 0 Å². The van der Waals surface area contributed by atoms with Crippen molar-refractivity contribution in [2.24, 2.45) is 0 Å². The molecule has 1 atom stereocenters. The molecule has 0 radical (unpaired) electrons. The van der Waals surface area contributed by atoms with Crippen molar-refractivity contribution in [3.63, 3.8) is 0 Å². The molecule has 0 amide bonds. The van der Waals surface area contributed by atoms with E-state index in [1.54, 1.807) is 24.3 Å². The van der Waals surface area contributed by atoms with Gasteiger partial charge in [-0.05, 0) is 18.1 Å². The van der Waals surface area contributed by atoms with E-state index >= 15 is 0 Å². The number of halogens is 5. The number of nitrogens with zero attached hydrogens (tertiary/aromatic N) is 2. The standard InChI is InChI=1S/C15H18F3N3.2ClH/c16-15(17,18)6-5-14(21-9-7-20-8-10-21)13-4-2-1-3-12(13)11-19;;/h1-4,14,20H,5-10H2;2*1H/t14-;;/m1../s1. The van der Waals surface area contributed by atoms with Gasteiger partial charge >= 0.3 is 6.18 Å². The van der Waals surface area contributed by atoms with E-state index in [9.17, 15) is 18.4 Å². The number of nitrogens with one attached hydrogen (secondary N) is 1. The molecule has 1 fully saturated rings. The molecule has 0 aromatic heterocycles. The predicted molar refractivity (Wildman–Crippen MR) is 88.1 cm³/mol. The second kappa shape index (κ2) is 9.99. The maximum atomic E-state index is 12.6. The Kier molecular flexibility index (Phi) is 9.55. The van der Waals surface area contributed by atoms with Gasteiger partial charge in [0.25, 0.3) is 0 Å². The maximum Gasteiger partial charge on any atom is 0.389 e. The lowest BCUT2D eigenvalue weighted by molar-refractivity contribution is -0.138.